The SMILES string of the molecule is Cc1ccc(Cn2ccc(NC(=O)[C@H]3[C@@H](C(=O)O)[C@H]4C=C[C@H]3C4)n2)cc1. The summed E-state index contributed by atoms with van der Waals surface area (Å²) in [6, 6.07) is 9.94. The molecule has 1 heterocycles. The molecule has 1 fully saturated rings. The highest BCUT2D eigenvalue weighted by Crippen LogP contribution is 2.48. The molecular weight excluding hydrogens is 330 g/mol. The summed E-state index contributed by atoms with van der Waals surface area (Å²) >= 11 is 0. The number of carboxylic acids is 1. The van der Waals surface area contributed by atoms with E-state index in [4.69, 9.17) is 0 Å². The number of carbonyl (C=O) groups excluding carboxylic acids is 1. The first-order valence-electron chi connectivity index (χ1n) is 8.82. The maximum absolute atomic E-state index is 12.7. The van der Waals surface area contributed by atoms with Crippen LogP contribution in [0.3, 0.4) is 0 Å². The Hall–Kier alpha value is -2.89. The van der Waals surface area contributed by atoms with Crippen LogP contribution in [-0.2, 0) is 16.1 Å². The molecule has 4 atom stereocenters. The van der Waals surface area contributed by atoms with Gasteiger partial charge in [-0.05, 0) is 30.7 Å². The Kier molecular flexibility index (Phi) is 4.11. The van der Waals surface area contributed by atoms with Crippen LogP contribution in [0.4, 0.5) is 5.82 Å². The van der Waals surface area contributed by atoms with E-state index < -0.39 is 17.8 Å². The van der Waals surface area contributed by atoms with Gasteiger partial charge in [-0.25, -0.2) is 0 Å². The number of benzene rings is 1. The van der Waals surface area contributed by atoms with Crippen LogP contribution in [0.25, 0.3) is 0 Å². The van der Waals surface area contributed by atoms with Crippen LogP contribution in [-0.4, -0.2) is 26.8 Å². The molecule has 0 saturated heterocycles. The molecular formula is C20H21N3O3. The van der Waals surface area contributed by atoms with E-state index in [1.54, 1.807) is 10.7 Å². The number of aliphatic carboxylic acids is 1. The quantitative estimate of drug-likeness (QED) is 0.811. The number of nitrogens with one attached hydrogen (secondary N) is 1. The lowest BCUT2D eigenvalue weighted by atomic mass is 9.82. The first-order valence-corrected chi connectivity index (χ1v) is 8.82. The summed E-state index contributed by atoms with van der Waals surface area (Å²) in [5.74, 6) is -1.88. The van der Waals surface area contributed by atoms with Crippen LogP contribution >= 0.6 is 0 Å². The van der Waals surface area contributed by atoms with E-state index in [2.05, 4.69) is 22.5 Å². The number of aromatic nitrogens is 2. The van der Waals surface area contributed by atoms with Crippen molar-refractivity contribution in [2.75, 3.05) is 5.32 Å². The van der Waals surface area contributed by atoms with Crippen LogP contribution in [0.2, 0.25) is 0 Å². The van der Waals surface area contributed by atoms with Crippen molar-refractivity contribution in [2.45, 2.75) is 19.9 Å². The van der Waals surface area contributed by atoms with Gasteiger partial charge in [0, 0.05) is 12.3 Å². The van der Waals surface area contributed by atoms with Crippen molar-refractivity contribution in [3.8, 4) is 0 Å². The van der Waals surface area contributed by atoms with E-state index in [9.17, 15) is 14.7 Å². The van der Waals surface area contributed by atoms with Crippen LogP contribution in [0.15, 0.2) is 48.7 Å². The van der Waals surface area contributed by atoms with Crippen LogP contribution < -0.4 is 5.32 Å². The lowest BCUT2D eigenvalue weighted by Crippen LogP contribution is -2.36. The van der Waals surface area contributed by atoms with Gasteiger partial charge in [0.05, 0.1) is 18.4 Å². The number of carboxylic acid groups (broad SMARTS) is 1. The smallest absolute Gasteiger partial charge is 0.307 e. The van der Waals surface area contributed by atoms with Gasteiger partial charge >= 0.3 is 5.97 Å². The first-order chi connectivity index (χ1) is 12.5. The molecule has 0 aliphatic heterocycles. The van der Waals surface area contributed by atoms with E-state index in [1.807, 2.05) is 37.4 Å². The molecule has 2 aliphatic rings. The Labute approximate surface area is 151 Å². The average molecular weight is 351 g/mol. The predicted octanol–water partition coefficient (Wildman–Crippen LogP) is 2.70. The fourth-order valence-corrected chi connectivity index (χ4v) is 4.12. The van der Waals surface area contributed by atoms with Crippen LogP contribution in [0.5, 0.6) is 0 Å². The highest BCUT2D eigenvalue weighted by atomic mass is 16.4. The Morgan fingerprint density at radius 1 is 1.15 bits per heavy atom. The molecule has 2 aromatic rings. The molecule has 2 N–H and O–H groups in total. The second kappa shape index (κ2) is 6.44. The number of amides is 1. The summed E-state index contributed by atoms with van der Waals surface area (Å²) in [7, 11) is 0. The highest BCUT2D eigenvalue weighted by molar-refractivity contribution is 5.95. The highest BCUT2D eigenvalue weighted by Gasteiger charge is 2.51. The molecule has 6 nitrogen and oxygen atoms in total. The molecule has 6 heteroatoms. The Bertz CT molecular complexity index is 869. The minimum absolute atomic E-state index is 0.00995. The summed E-state index contributed by atoms with van der Waals surface area (Å²) in [6.45, 7) is 2.66. The number of rotatable bonds is 5. The van der Waals surface area contributed by atoms with Gasteiger partial charge < -0.3 is 10.4 Å². The molecule has 26 heavy (non-hydrogen) atoms. The van der Waals surface area contributed by atoms with Crippen molar-refractivity contribution in [1.82, 2.24) is 9.78 Å². The zero-order valence-electron chi connectivity index (χ0n) is 14.5. The van der Waals surface area contributed by atoms with Gasteiger partial charge in [0.15, 0.2) is 5.82 Å². The van der Waals surface area contributed by atoms with Crippen LogP contribution in [0, 0.1) is 30.6 Å². The number of aryl methyl sites for hydroxylation is 1. The zero-order valence-corrected chi connectivity index (χ0v) is 14.5. The first kappa shape index (κ1) is 16.6. The molecule has 1 amide bonds. The molecule has 0 radical (unpaired) electrons. The Morgan fingerprint density at radius 3 is 2.54 bits per heavy atom. The minimum Gasteiger partial charge on any atom is -0.481 e. The van der Waals surface area contributed by atoms with E-state index >= 15 is 0 Å². The molecule has 1 aromatic heterocycles. The summed E-state index contributed by atoms with van der Waals surface area (Å²) in [6.07, 6.45) is 6.47. The number of hydrogen-bond donors (Lipinski definition) is 2. The third-order valence-electron chi connectivity index (χ3n) is 5.40. The van der Waals surface area contributed by atoms with Crippen molar-refractivity contribution in [1.29, 1.82) is 0 Å². The van der Waals surface area contributed by atoms with Crippen LogP contribution in [0.1, 0.15) is 17.5 Å². The average Bonchev–Trinajstić information content (AvgIpc) is 3.32. The van der Waals surface area contributed by atoms with Crippen molar-refractivity contribution >= 4 is 17.7 Å². The van der Waals surface area contributed by atoms with E-state index in [-0.39, 0.29) is 17.7 Å². The third-order valence-corrected chi connectivity index (χ3v) is 5.40. The van der Waals surface area contributed by atoms with E-state index in [1.165, 1.54) is 5.56 Å². The van der Waals surface area contributed by atoms with Crippen molar-refractivity contribution in [2.24, 2.45) is 23.7 Å². The number of carbonyl (C=O) groups is 2. The summed E-state index contributed by atoms with van der Waals surface area (Å²) < 4.78 is 1.76. The van der Waals surface area contributed by atoms with Gasteiger partial charge in [0.1, 0.15) is 0 Å². The summed E-state index contributed by atoms with van der Waals surface area (Å²) in [5.41, 5.74) is 2.33. The maximum atomic E-state index is 12.7. The van der Waals surface area contributed by atoms with Crippen molar-refractivity contribution in [3.05, 3.63) is 59.8 Å². The monoisotopic (exact) mass is 351 g/mol. The topological polar surface area (TPSA) is 84.2 Å². The molecule has 0 unspecified atom stereocenters. The fourth-order valence-electron chi connectivity index (χ4n) is 4.12. The standard InChI is InChI=1S/C20H21N3O3/c1-12-2-4-13(5-3-12)11-23-9-8-16(22-23)21-19(24)17-14-6-7-15(10-14)18(17)20(25)26/h2-9,14-15,17-18H,10-11H2,1H3,(H,25,26)(H,21,22,24)/t14-,15-,17+,18-/m0/s1. The normalized spacial score (nSPS) is 26.2. The second-order valence-electron chi connectivity index (χ2n) is 7.21. The van der Waals surface area contributed by atoms with Crippen molar-refractivity contribution in [3.63, 3.8) is 0 Å². The maximum Gasteiger partial charge on any atom is 0.307 e. The number of anilines is 1. The lowest BCUT2D eigenvalue weighted by Gasteiger charge is -2.23. The van der Waals surface area contributed by atoms with Gasteiger partial charge in [-0.2, -0.15) is 5.10 Å². The third kappa shape index (κ3) is 3.03. The van der Waals surface area contributed by atoms with E-state index in [0.29, 0.717) is 12.4 Å². The zero-order chi connectivity index (χ0) is 18.3. The molecule has 1 saturated carbocycles. The predicted molar refractivity (Wildman–Crippen MR) is 96.5 cm³/mol. The molecule has 1 aromatic carbocycles. The van der Waals surface area contributed by atoms with Gasteiger partial charge in [0.25, 0.3) is 0 Å². The number of allylic oxidation sites excluding steroid dienone is 2. The summed E-state index contributed by atoms with van der Waals surface area (Å²) in [5, 5.41) is 16.7. The second-order valence-corrected chi connectivity index (χ2v) is 7.21. The van der Waals surface area contributed by atoms with Gasteiger partial charge in [-0.1, -0.05) is 42.0 Å². The van der Waals surface area contributed by atoms with E-state index in [0.717, 1.165) is 12.0 Å². The Morgan fingerprint density at radius 2 is 1.85 bits per heavy atom. The largest absolute Gasteiger partial charge is 0.481 e. The van der Waals surface area contributed by atoms with Gasteiger partial charge in [-0.15, -0.1) is 0 Å². The molecule has 2 aliphatic carbocycles. The summed E-state index contributed by atoms with van der Waals surface area (Å²) in [4.78, 5) is 24.2. The number of hydrogen-bond acceptors (Lipinski definition) is 3. The van der Waals surface area contributed by atoms with Gasteiger partial charge in [-0.3, -0.25) is 14.3 Å². The minimum atomic E-state index is -0.896. The number of nitrogens with zero attached hydrogens (tertiary/aromatic N) is 2. The molecule has 2 bridgehead atoms. The number of fused-ring (bicyclic) bond motifs is 2. The van der Waals surface area contributed by atoms with Gasteiger partial charge in [0.2, 0.25) is 5.91 Å². The lowest BCUT2D eigenvalue weighted by molar-refractivity contribution is -0.146. The molecule has 4 rings (SSSR count). The van der Waals surface area contributed by atoms with Crippen molar-refractivity contribution < 1.29 is 14.7 Å². The Balaban J connectivity index is 1.44. The molecule has 134 valence electrons. The fraction of sp³-hybridized carbons (Fsp3) is 0.350. The molecule has 0 spiro atoms.